The quantitative estimate of drug-likeness (QED) is 0.0723. The van der Waals surface area contributed by atoms with Crippen LogP contribution in [0.5, 0.6) is 5.75 Å². The molecule has 230 valence electrons. The zero-order valence-electron chi connectivity index (χ0n) is 26.3. The molecular weight excluding hydrogens is 536 g/mol. The van der Waals surface area contributed by atoms with Crippen LogP contribution in [0.15, 0.2) is 85.1 Å². The molecule has 0 spiro atoms. The number of ether oxygens (including phenoxy) is 1. The van der Waals surface area contributed by atoms with Gasteiger partial charge in [-0.25, -0.2) is 0 Å². The fourth-order valence-electron chi connectivity index (χ4n) is 4.25. The summed E-state index contributed by atoms with van der Waals surface area (Å²) in [6.07, 6.45) is 4.22. The van der Waals surface area contributed by atoms with Crippen molar-refractivity contribution in [3.05, 3.63) is 102 Å². The minimum atomic E-state index is -0.154. The molecule has 8 nitrogen and oxygen atoms in total. The Kier molecular flexibility index (Phi) is 15.9. The number of H-pyrrole nitrogens is 1. The van der Waals surface area contributed by atoms with Crippen LogP contribution in [-0.2, 0) is 17.8 Å². The van der Waals surface area contributed by atoms with Crippen molar-refractivity contribution >= 4 is 28.5 Å². The molecule has 0 aliphatic carbocycles. The number of hydrogen-bond donors (Lipinski definition) is 5. The molecule has 0 saturated carbocycles. The van der Waals surface area contributed by atoms with Crippen molar-refractivity contribution in [3.63, 3.8) is 0 Å². The topological polar surface area (TPSA) is 117 Å². The van der Waals surface area contributed by atoms with Crippen molar-refractivity contribution in [1.82, 2.24) is 20.5 Å². The lowest BCUT2D eigenvalue weighted by Gasteiger charge is -2.26. The third-order valence-electron chi connectivity index (χ3n) is 6.61. The average Bonchev–Trinajstić information content (AvgIpc) is 3.44. The normalized spacial score (nSPS) is 10.1. The van der Waals surface area contributed by atoms with Gasteiger partial charge in [-0.15, -0.1) is 0 Å². The average molecular weight is 585 g/mol. The van der Waals surface area contributed by atoms with E-state index in [1.54, 1.807) is 12.0 Å². The number of nitrogens with zero attached hydrogens (tertiary/aromatic N) is 1. The highest BCUT2D eigenvalue weighted by Gasteiger charge is 2.17. The number of carbonyl (C=O) groups is 1. The van der Waals surface area contributed by atoms with Gasteiger partial charge in [-0.2, -0.15) is 0 Å². The number of rotatable bonds is 12. The maximum absolute atomic E-state index is 12.0. The highest BCUT2D eigenvalue weighted by Crippen LogP contribution is 2.16. The zero-order valence-corrected chi connectivity index (χ0v) is 26.3. The number of aromatic amines is 1. The molecule has 0 bridgehead atoms. The Morgan fingerprint density at radius 1 is 0.884 bits per heavy atom. The lowest BCUT2D eigenvalue weighted by atomic mass is 10.1. The Balaban J connectivity index is 0.000000444. The Morgan fingerprint density at radius 3 is 2.21 bits per heavy atom. The molecule has 1 aromatic heterocycles. The standard InChI is InChI=1S/C24H33N5O2.C9H9N.C2H6/c1-3-15-27-17-24(30)28-16-23(26)29(18-20-9-12-21(31-2)13-10-20)22(25)14-11-19-7-5-4-6-8-19;1-7-6-10-9-5-3-2-4-8(7)9;1-2/h4-10,12-13,25-27H,3,11,14-18H2,1-2H3,(H,28,30);2-6,10H,1H3;1-2H3. The lowest BCUT2D eigenvalue weighted by molar-refractivity contribution is -0.120. The molecule has 3 aromatic carbocycles. The molecule has 5 N–H and O–H groups in total. The van der Waals surface area contributed by atoms with E-state index >= 15 is 0 Å². The summed E-state index contributed by atoms with van der Waals surface area (Å²) in [5.41, 5.74) is 4.65. The monoisotopic (exact) mass is 584 g/mol. The second kappa shape index (κ2) is 19.6. The number of hydrogen-bond acceptors (Lipinski definition) is 5. The predicted molar refractivity (Wildman–Crippen MR) is 179 cm³/mol. The van der Waals surface area contributed by atoms with E-state index < -0.39 is 0 Å². The minimum absolute atomic E-state index is 0.0799. The first kappa shape index (κ1) is 34.8. The van der Waals surface area contributed by atoms with Crippen LogP contribution in [-0.4, -0.2) is 54.2 Å². The van der Waals surface area contributed by atoms with Gasteiger partial charge in [0.05, 0.1) is 26.7 Å². The van der Waals surface area contributed by atoms with Crippen LogP contribution in [0.1, 0.15) is 50.3 Å². The zero-order chi connectivity index (χ0) is 31.5. The van der Waals surface area contributed by atoms with Gasteiger partial charge in [-0.3, -0.25) is 15.6 Å². The van der Waals surface area contributed by atoms with Crippen molar-refractivity contribution in [1.29, 1.82) is 10.8 Å². The number of fused-ring (bicyclic) bond motifs is 1. The van der Waals surface area contributed by atoms with E-state index in [0.29, 0.717) is 18.8 Å². The summed E-state index contributed by atoms with van der Waals surface area (Å²) in [7, 11) is 1.62. The molecule has 4 aromatic rings. The molecule has 0 aliphatic rings. The predicted octanol–water partition coefficient (Wildman–Crippen LogP) is 6.70. The Morgan fingerprint density at radius 2 is 1.56 bits per heavy atom. The first-order valence-electron chi connectivity index (χ1n) is 15.0. The van der Waals surface area contributed by atoms with E-state index in [1.807, 2.05) is 87.6 Å². The summed E-state index contributed by atoms with van der Waals surface area (Å²) in [6, 6.07) is 25.9. The molecule has 0 unspecified atom stereocenters. The Labute approximate surface area is 256 Å². The smallest absolute Gasteiger partial charge is 0.234 e. The first-order chi connectivity index (χ1) is 20.9. The lowest BCUT2D eigenvalue weighted by Crippen LogP contribution is -2.44. The van der Waals surface area contributed by atoms with Gasteiger partial charge in [-0.1, -0.05) is 81.4 Å². The molecule has 0 fully saturated rings. The molecule has 1 heterocycles. The number of para-hydroxylation sites is 1. The number of amides is 1. The Hall–Kier alpha value is -4.43. The van der Waals surface area contributed by atoms with Gasteiger partial charge >= 0.3 is 0 Å². The van der Waals surface area contributed by atoms with Gasteiger partial charge in [0.1, 0.15) is 17.4 Å². The van der Waals surface area contributed by atoms with Crippen molar-refractivity contribution in [3.8, 4) is 5.75 Å². The number of benzene rings is 3. The number of aryl methyl sites for hydroxylation is 2. The highest BCUT2D eigenvalue weighted by molar-refractivity contribution is 6.00. The van der Waals surface area contributed by atoms with Crippen molar-refractivity contribution in [2.75, 3.05) is 26.7 Å². The molecule has 0 aliphatic heterocycles. The molecule has 8 heteroatoms. The molecule has 4 rings (SSSR count). The maximum Gasteiger partial charge on any atom is 0.234 e. The van der Waals surface area contributed by atoms with E-state index in [4.69, 9.17) is 15.6 Å². The Bertz CT molecular complexity index is 1380. The molecule has 0 radical (unpaired) electrons. The van der Waals surface area contributed by atoms with Crippen LogP contribution in [0.4, 0.5) is 0 Å². The highest BCUT2D eigenvalue weighted by atomic mass is 16.5. The van der Waals surface area contributed by atoms with Crippen molar-refractivity contribution in [2.24, 2.45) is 0 Å². The summed E-state index contributed by atoms with van der Waals surface area (Å²) in [5.74, 6) is 1.15. The number of amidine groups is 2. The van der Waals surface area contributed by atoms with E-state index in [2.05, 4.69) is 40.7 Å². The van der Waals surface area contributed by atoms with Gasteiger partial charge in [-0.05, 0) is 61.2 Å². The van der Waals surface area contributed by atoms with Gasteiger partial charge in [0.25, 0.3) is 0 Å². The molecule has 1 amide bonds. The number of methoxy groups -OCH3 is 1. The molecule has 43 heavy (non-hydrogen) atoms. The fourth-order valence-corrected chi connectivity index (χ4v) is 4.25. The second-order valence-corrected chi connectivity index (χ2v) is 9.78. The van der Waals surface area contributed by atoms with Gasteiger partial charge in [0.2, 0.25) is 5.91 Å². The molecular formula is C35H48N6O2. The summed E-state index contributed by atoms with van der Waals surface area (Å²) < 4.78 is 5.21. The van der Waals surface area contributed by atoms with Crippen molar-refractivity contribution < 1.29 is 9.53 Å². The summed E-state index contributed by atoms with van der Waals surface area (Å²) in [4.78, 5) is 16.8. The minimum Gasteiger partial charge on any atom is -0.497 e. The van der Waals surface area contributed by atoms with Crippen LogP contribution in [0.25, 0.3) is 10.9 Å². The van der Waals surface area contributed by atoms with E-state index in [0.717, 1.165) is 36.3 Å². The molecule has 0 atom stereocenters. The van der Waals surface area contributed by atoms with E-state index in [9.17, 15) is 4.79 Å². The van der Waals surface area contributed by atoms with Crippen LogP contribution < -0.4 is 15.4 Å². The van der Waals surface area contributed by atoms with Crippen molar-refractivity contribution in [2.45, 2.75) is 53.5 Å². The SMILES string of the molecule is CC.CCCNCC(=O)NCC(=N)N(Cc1ccc(OC)cc1)C(=N)CCc1ccccc1.Cc1c[nH]c2ccccc12. The molecule has 0 saturated heterocycles. The second-order valence-electron chi connectivity index (χ2n) is 9.78. The third kappa shape index (κ3) is 12.1. The summed E-state index contributed by atoms with van der Waals surface area (Å²) in [5, 5.41) is 24.3. The largest absolute Gasteiger partial charge is 0.497 e. The first-order valence-corrected chi connectivity index (χ1v) is 15.0. The van der Waals surface area contributed by atoms with Gasteiger partial charge in [0, 0.05) is 23.5 Å². The van der Waals surface area contributed by atoms with Crippen LogP contribution in [0.2, 0.25) is 0 Å². The van der Waals surface area contributed by atoms with Gasteiger partial charge < -0.3 is 25.3 Å². The number of carbonyl (C=O) groups excluding carboxylic acids is 1. The maximum atomic E-state index is 12.0. The van der Waals surface area contributed by atoms with E-state index in [1.165, 1.54) is 16.5 Å². The number of aromatic nitrogens is 1. The fraction of sp³-hybridized carbons (Fsp3) is 0.343. The van der Waals surface area contributed by atoms with E-state index in [-0.39, 0.29) is 24.8 Å². The van der Waals surface area contributed by atoms with Gasteiger partial charge in [0.15, 0.2) is 0 Å². The third-order valence-corrected chi connectivity index (χ3v) is 6.61. The summed E-state index contributed by atoms with van der Waals surface area (Å²) >= 11 is 0. The van der Waals surface area contributed by atoms with Crippen LogP contribution >= 0.6 is 0 Å². The van der Waals surface area contributed by atoms with Crippen LogP contribution in [0.3, 0.4) is 0 Å². The summed E-state index contributed by atoms with van der Waals surface area (Å²) in [6.45, 7) is 9.62. The number of nitrogens with one attached hydrogen (secondary N) is 5. The van der Waals surface area contributed by atoms with Crippen LogP contribution in [0, 0.1) is 17.7 Å².